The van der Waals surface area contributed by atoms with Gasteiger partial charge in [0.2, 0.25) is 5.91 Å². The molecule has 2 aromatic carbocycles. The summed E-state index contributed by atoms with van der Waals surface area (Å²) in [6.45, 7) is 4.27. The summed E-state index contributed by atoms with van der Waals surface area (Å²) < 4.78 is 84.7. The Morgan fingerprint density at radius 2 is 1.89 bits per heavy atom. The molecule has 0 aliphatic carbocycles. The minimum atomic E-state index is -5.08. The molecule has 7 heterocycles. The van der Waals surface area contributed by atoms with Crippen LogP contribution in [0.2, 0.25) is 0 Å². The molecule has 282 valence electrons. The molecule has 3 saturated heterocycles. The van der Waals surface area contributed by atoms with Gasteiger partial charge in [0, 0.05) is 44.2 Å². The van der Waals surface area contributed by atoms with Gasteiger partial charge in [-0.25, -0.2) is 18.0 Å². The van der Waals surface area contributed by atoms with E-state index in [2.05, 4.69) is 20.2 Å². The summed E-state index contributed by atoms with van der Waals surface area (Å²) in [6.07, 6.45) is -0.980. The van der Waals surface area contributed by atoms with Crippen molar-refractivity contribution in [3.8, 4) is 23.0 Å². The molecular formula is C36H36F6N6O5. The molecule has 2 aromatic heterocycles. The highest BCUT2D eigenvalue weighted by Gasteiger charge is 2.49. The normalized spacial score (nSPS) is 24.4. The van der Waals surface area contributed by atoms with Crippen molar-refractivity contribution in [2.24, 2.45) is 0 Å². The summed E-state index contributed by atoms with van der Waals surface area (Å²) in [7, 11) is 0. The number of aromatic nitrogens is 3. The largest absolute Gasteiger partial charge is 0.508 e. The van der Waals surface area contributed by atoms with E-state index in [1.165, 1.54) is 30.5 Å². The first kappa shape index (κ1) is 36.4. The van der Waals surface area contributed by atoms with Crippen LogP contribution in [0.25, 0.3) is 32.9 Å². The van der Waals surface area contributed by atoms with Gasteiger partial charge in [-0.2, -0.15) is 23.1 Å². The third-order valence-electron chi connectivity index (χ3n) is 10.6. The van der Waals surface area contributed by atoms with Crippen molar-refractivity contribution in [2.75, 3.05) is 37.7 Å². The lowest BCUT2D eigenvalue weighted by Gasteiger charge is -2.31. The second-order valence-electron chi connectivity index (χ2n) is 14.4. The summed E-state index contributed by atoms with van der Waals surface area (Å²) >= 11 is 0. The SMILES string of the molecule is C[C@@]12CCN(C1)c1nc(OC[C@@]34CCCN3C[C@H](F)C4)nc3c(F)c(ncc13)-c1cc(O)cc3ccc(F)c(c13)CCCC(=O)N2.O=C(O)C(F)(F)F. The number of anilines is 1. The van der Waals surface area contributed by atoms with Crippen molar-refractivity contribution in [1.82, 2.24) is 25.2 Å². The maximum absolute atomic E-state index is 16.8. The maximum atomic E-state index is 16.8. The molecule has 0 saturated carbocycles. The van der Waals surface area contributed by atoms with Crippen LogP contribution in [-0.4, -0.2) is 98.2 Å². The quantitative estimate of drug-likeness (QED) is 0.219. The number of hydrogen-bond acceptors (Lipinski definition) is 9. The average Bonchev–Trinajstić information content (AvgIpc) is 3.75. The average molecular weight is 747 g/mol. The molecule has 0 spiro atoms. The first-order valence-corrected chi connectivity index (χ1v) is 17.2. The topological polar surface area (TPSA) is 141 Å². The van der Waals surface area contributed by atoms with Gasteiger partial charge in [0.15, 0.2) is 5.82 Å². The van der Waals surface area contributed by atoms with Crippen molar-refractivity contribution in [2.45, 2.75) is 75.3 Å². The highest BCUT2D eigenvalue weighted by atomic mass is 19.4. The Balaban J connectivity index is 0.000000568. The van der Waals surface area contributed by atoms with E-state index in [0.29, 0.717) is 66.4 Å². The van der Waals surface area contributed by atoms with Gasteiger partial charge in [-0.1, -0.05) is 6.07 Å². The summed E-state index contributed by atoms with van der Waals surface area (Å²) in [5.74, 6) is -3.82. The van der Waals surface area contributed by atoms with Crippen LogP contribution in [-0.2, 0) is 16.0 Å². The Morgan fingerprint density at radius 1 is 1.11 bits per heavy atom. The lowest BCUT2D eigenvalue weighted by Crippen LogP contribution is -2.48. The molecule has 17 heteroatoms. The van der Waals surface area contributed by atoms with Gasteiger partial charge in [-0.3, -0.25) is 14.7 Å². The number of aryl methyl sites for hydroxylation is 1. The molecule has 9 rings (SSSR count). The molecule has 11 nitrogen and oxygen atoms in total. The molecule has 5 aliphatic heterocycles. The zero-order valence-electron chi connectivity index (χ0n) is 28.6. The van der Waals surface area contributed by atoms with Crippen molar-refractivity contribution in [1.29, 1.82) is 0 Å². The van der Waals surface area contributed by atoms with Crippen LogP contribution >= 0.6 is 0 Å². The molecule has 3 atom stereocenters. The molecule has 3 fully saturated rings. The van der Waals surface area contributed by atoms with Crippen LogP contribution in [0.4, 0.5) is 32.2 Å². The van der Waals surface area contributed by atoms with Gasteiger partial charge >= 0.3 is 18.2 Å². The Morgan fingerprint density at radius 3 is 2.64 bits per heavy atom. The number of fused-ring (bicyclic) bond motifs is 6. The molecule has 4 aromatic rings. The van der Waals surface area contributed by atoms with Gasteiger partial charge < -0.3 is 25.2 Å². The van der Waals surface area contributed by atoms with E-state index in [1.54, 1.807) is 0 Å². The van der Waals surface area contributed by atoms with Crippen LogP contribution in [0.15, 0.2) is 30.5 Å². The summed E-state index contributed by atoms with van der Waals surface area (Å²) in [5.41, 5.74) is -0.606. The zero-order chi connectivity index (χ0) is 37.9. The Labute approximate surface area is 299 Å². The predicted molar refractivity (Wildman–Crippen MR) is 180 cm³/mol. The smallest absolute Gasteiger partial charge is 0.490 e. The van der Waals surface area contributed by atoms with Crippen LogP contribution < -0.4 is 15.0 Å². The monoisotopic (exact) mass is 746 g/mol. The fourth-order valence-electron chi connectivity index (χ4n) is 8.16. The number of carboxylic acid groups (broad SMARTS) is 1. The number of halogens is 6. The van der Waals surface area contributed by atoms with E-state index in [9.17, 15) is 27.5 Å². The van der Waals surface area contributed by atoms with Gasteiger partial charge in [0.1, 0.15) is 41.4 Å². The van der Waals surface area contributed by atoms with Crippen LogP contribution in [0, 0.1) is 11.6 Å². The minimum Gasteiger partial charge on any atom is -0.508 e. The predicted octanol–water partition coefficient (Wildman–Crippen LogP) is 5.84. The highest BCUT2D eigenvalue weighted by Crippen LogP contribution is 2.42. The maximum Gasteiger partial charge on any atom is 0.490 e. The Kier molecular flexibility index (Phi) is 9.27. The number of phenolic OH excluding ortho intramolecular Hbond substituents is 1. The standard InChI is InChI=1S/C34H35F3N6O3.C2HF3O2/c1-33-9-11-42(17-33)31-24-15-38-29(23-13-21(44)12-19-6-7-25(36)22(27(19)23)4-2-5-26(45)41-33)28(37)30(24)39-32(40-31)46-18-34-8-3-10-43(34)16-20(35)14-34;3-2(4,5)1(6)7/h6-7,12-13,15,20,44H,2-5,8-11,14,16-18H2,1H3,(H,41,45);(H,6,7)/t20-,33-,34+;/m1./s1. The summed E-state index contributed by atoms with van der Waals surface area (Å²) in [5, 5.41) is 22.2. The van der Waals surface area contributed by atoms with Crippen molar-refractivity contribution >= 4 is 39.4 Å². The summed E-state index contributed by atoms with van der Waals surface area (Å²) in [4.78, 5) is 39.9. The number of benzene rings is 2. The number of rotatable bonds is 3. The first-order valence-electron chi connectivity index (χ1n) is 17.2. The number of phenols is 1. The molecule has 0 unspecified atom stereocenters. The van der Waals surface area contributed by atoms with E-state index in [-0.39, 0.29) is 53.9 Å². The molecule has 1 amide bonds. The van der Waals surface area contributed by atoms with E-state index >= 15 is 8.78 Å². The number of aromatic hydroxyl groups is 1. The molecule has 0 radical (unpaired) electrons. The minimum absolute atomic E-state index is 0.0280. The summed E-state index contributed by atoms with van der Waals surface area (Å²) in [6, 6.07) is 5.71. The number of alkyl halides is 4. The zero-order valence-corrected chi connectivity index (χ0v) is 28.6. The number of amides is 1. The fraction of sp³-hybridized carbons (Fsp3) is 0.472. The number of carbonyl (C=O) groups is 2. The number of ether oxygens (including phenoxy) is 1. The van der Waals surface area contributed by atoms with Gasteiger partial charge in [-0.05, 0) is 80.1 Å². The van der Waals surface area contributed by atoms with Crippen molar-refractivity contribution in [3.05, 3.63) is 47.7 Å². The van der Waals surface area contributed by atoms with Crippen LogP contribution in [0.5, 0.6) is 11.8 Å². The number of hydrogen-bond donors (Lipinski definition) is 3. The number of aliphatic carboxylic acids is 1. The number of nitrogens with one attached hydrogen (secondary N) is 1. The van der Waals surface area contributed by atoms with E-state index in [1.807, 2.05) is 11.8 Å². The third kappa shape index (κ3) is 6.98. The lowest BCUT2D eigenvalue weighted by molar-refractivity contribution is -0.192. The highest BCUT2D eigenvalue weighted by molar-refractivity contribution is 6.02. The number of nitrogens with zero attached hydrogens (tertiary/aromatic N) is 5. The Hall–Kier alpha value is -4.93. The van der Waals surface area contributed by atoms with Crippen LogP contribution in [0.1, 0.15) is 51.0 Å². The third-order valence-corrected chi connectivity index (χ3v) is 10.6. The van der Waals surface area contributed by atoms with Crippen LogP contribution in [0.3, 0.4) is 0 Å². The molecule has 6 bridgehead atoms. The van der Waals surface area contributed by atoms with E-state index < -0.39 is 41.0 Å². The van der Waals surface area contributed by atoms with Crippen molar-refractivity contribution < 1.29 is 50.9 Å². The lowest BCUT2D eigenvalue weighted by atomic mass is 9.93. The molecule has 5 aliphatic rings. The van der Waals surface area contributed by atoms with E-state index in [0.717, 1.165) is 19.4 Å². The van der Waals surface area contributed by atoms with Gasteiger partial charge in [0.25, 0.3) is 0 Å². The Bertz CT molecular complexity index is 2120. The van der Waals surface area contributed by atoms with Gasteiger partial charge in [-0.15, -0.1) is 0 Å². The van der Waals surface area contributed by atoms with E-state index in [4.69, 9.17) is 19.6 Å². The molecule has 3 N–H and O–H groups in total. The second-order valence-corrected chi connectivity index (χ2v) is 14.4. The first-order chi connectivity index (χ1) is 25.1. The molecule has 53 heavy (non-hydrogen) atoms. The number of pyridine rings is 1. The van der Waals surface area contributed by atoms with Crippen molar-refractivity contribution in [3.63, 3.8) is 0 Å². The fourth-order valence-corrected chi connectivity index (χ4v) is 8.16. The second kappa shape index (κ2) is 13.5. The number of carbonyl (C=O) groups excluding carboxylic acids is 1. The number of carboxylic acids is 1. The van der Waals surface area contributed by atoms with Gasteiger partial charge in [0.05, 0.1) is 16.5 Å². The molecular weight excluding hydrogens is 710 g/mol.